The lowest BCUT2D eigenvalue weighted by molar-refractivity contribution is 0.101. The van der Waals surface area contributed by atoms with E-state index in [2.05, 4.69) is 0 Å². The first-order valence-corrected chi connectivity index (χ1v) is 5.72. The molecule has 0 aromatic heterocycles. The number of halogens is 2. The van der Waals surface area contributed by atoms with E-state index < -0.39 is 11.6 Å². The molecule has 2 nitrogen and oxygen atoms in total. The van der Waals surface area contributed by atoms with Crippen molar-refractivity contribution in [2.24, 2.45) is 0 Å². The number of ether oxygens (including phenoxy) is 1. The molecule has 98 valence electrons. The minimum Gasteiger partial charge on any atom is -0.453 e. The number of ketones is 1. The highest BCUT2D eigenvalue weighted by atomic mass is 19.1. The lowest BCUT2D eigenvalue weighted by Crippen LogP contribution is -1.99. The van der Waals surface area contributed by atoms with Crippen molar-refractivity contribution in [1.82, 2.24) is 0 Å². The average molecular weight is 262 g/mol. The van der Waals surface area contributed by atoms with Gasteiger partial charge in [0.05, 0.1) is 5.56 Å². The fourth-order valence-corrected chi connectivity index (χ4v) is 1.64. The summed E-state index contributed by atoms with van der Waals surface area (Å²) in [5, 5.41) is 0. The monoisotopic (exact) mass is 262 g/mol. The summed E-state index contributed by atoms with van der Waals surface area (Å²) in [6.07, 6.45) is 0. The summed E-state index contributed by atoms with van der Waals surface area (Å²) < 4.78 is 32.4. The lowest BCUT2D eigenvalue weighted by Gasteiger charge is -2.10. The van der Waals surface area contributed by atoms with Crippen LogP contribution in [0.3, 0.4) is 0 Å². The first-order valence-electron chi connectivity index (χ1n) is 5.72. The summed E-state index contributed by atoms with van der Waals surface area (Å²) in [5.74, 6) is -1.46. The summed E-state index contributed by atoms with van der Waals surface area (Å²) in [7, 11) is 0. The van der Waals surface area contributed by atoms with Gasteiger partial charge in [-0.15, -0.1) is 0 Å². The van der Waals surface area contributed by atoms with E-state index in [1.54, 1.807) is 6.92 Å². The molecule has 0 fully saturated rings. The molecule has 0 atom stereocenters. The molecule has 2 rings (SSSR count). The molecule has 4 heteroatoms. The van der Waals surface area contributed by atoms with Crippen molar-refractivity contribution >= 4 is 5.78 Å². The molecule has 0 aliphatic carbocycles. The Bertz CT molecular complexity index is 636. The number of carbonyl (C=O) groups is 1. The van der Waals surface area contributed by atoms with E-state index in [0.717, 1.165) is 6.07 Å². The first kappa shape index (κ1) is 13.2. The van der Waals surface area contributed by atoms with Crippen molar-refractivity contribution in [2.45, 2.75) is 13.8 Å². The summed E-state index contributed by atoms with van der Waals surface area (Å²) >= 11 is 0. The zero-order chi connectivity index (χ0) is 14.0. The fraction of sp³-hybridized carbons (Fsp3) is 0.133. The third-order valence-corrected chi connectivity index (χ3v) is 2.71. The van der Waals surface area contributed by atoms with Crippen LogP contribution in [0.4, 0.5) is 8.78 Å². The third kappa shape index (κ3) is 2.78. The number of carbonyl (C=O) groups excluding carboxylic acids is 1. The fourth-order valence-electron chi connectivity index (χ4n) is 1.64. The molecule has 0 saturated carbocycles. The second-order valence-corrected chi connectivity index (χ2v) is 4.19. The van der Waals surface area contributed by atoms with Crippen molar-refractivity contribution in [3.63, 3.8) is 0 Å². The van der Waals surface area contributed by atoms with Gasteiger partial charge in [-0.1, -0.05) is 12.1 Å². The molecular formula is C15H12F2O2. The maximum Gasteiger partial charge on any atom is 0.173 e. The Hall–Kier alpha value is -2.23. The van der Waals surface area contributed by atoms with E-state index in [1.165, 1.54) is 37.3 Å². The van der Waals surface area contributed by atoms with Gasteiger partial charge >= 0.3 is 0 Å². The zero-order valence-corrected chi connectivity index (χ0v) is 10.5. The van der Waals surface area contributed by atoms with E-state index in [4.69, 9.17) is 4.74 Å². The van der Waals surface area contributed by atoms with Crippen LogP contribution < -0.4 is 4.74 Å². The number of benzene rings is 2. The minimum absolute atomic E-state index is 0.126. The predicted octanol–water partition coefficient (Wildman–Crippen LogP) is 4.27. The minimum atomic E-state index is -0.659. The Kier molecular flexibility index (Phi) is 3.60. The number of hydrogen-bond donors (Lipinski definition) is 0. The quantitative estimate of drug-likeness (QED) is 0.772. The summed E-state index contributed by atoms with van der Waals surface area (Å²) in [5.41, 5.74) is 0.591. The van der Waals surface area contributed by atoms with Crippen molar-refractivity contribution in [3.05, 3.63) is 59.2 Å². The SMILES string of the molecule is CC(=O)c1cccc(F)c1Oc1ccc(C)c(F)c1. The second-order valence-electron chi connectivity index (χ2n) is 4.19. The van der Waals surface area contributed by atoms with Gasteiger partial charge < -0.3 is 4.74 Å². The number of Topliss-reactive ketones (excluding diaryl/α,β-unsaturated/α-hetero) is 1. The van der Waals surface area contributed by atoms with E-state index in [9.17, 15) is 13.6 Å². The largest absolute Gasteiger partial charge is 0.453 e. The van der Waals surface area contributed by atoms with Crippen LogP contribution in [-0.2, 0) is 0 Å². The molecule has 0 spiro atoms. The first-order chi connectivity index (χ1) is 8.99. The average Bonchev–Trinajstić information content (AvgIpc) is 2.36. The number of para-hydroxylation sites is 1. The summed E-state index contributed by atoms with van der Waals surface area (Å²) in [6, 6.07) is 8.28. The van der Waals surface area contributed by atoms with Crippen molar-refractivity contribution in [1.29, 1.82) is 0 Å². The standard InChI is InChI=1S/C15H12F2O2/c1-9-6-7-11(8-14(9)17)19-15-12(10(2)18)4-3-5-13(15)16/h3-8H,1-2H3. The van der Waals surface area contributed by atoms with E-state index in [1.807, 2.05) is 0 Å². The Labute approximate surface area is 109 Å². The topological polar surface area (TPSA) is 26.3 Å². The van der Waals surface area contributed by atoms with Gasteiger partial charge in [0.25, 0.3) is 0 Å². The maximum atomic E-state index is 13.7. The molecule has 0 saturated heterocycles. The van der Waals surface area contributed by atoms with Crippen LogP contribution in [0, 0.1) is 18.6 Å². The van der Waals surface area contributed by atoms with Gasteiger partial charge in [0.1, 0.15) is 11.6 Å². The van der Waals surface area contributed by atoms with Crippen LogP contribution in [0.15, 0.2) is 36.4 Å². The highest BCUT2D eigenvalue weighted by molar-refractivity contribution is 5.96. The Morgan fingerprint density at radius 3 is 2.47 bits per heavy atom. The molecule has 0 unspecified atom stereocenters. The van der Waals surface area contributed by atoms with Crippen LogP contribution in [0.25, 0.3) is 0 Å². The molecule has 2 aromatic rings. The van der Waals surface area contributed by atoms with Crippen molar-refractivity contribution in [2.75, 3.05) is 0 Å². The normalized spacial score (nSPS) is 10.3. The van der Waals surface area contributed by atoms with Gasteiger partial charge in [-0.3, -0.25) is 4.79 Å². The summed E-state index contributed by atoms with van der Waals surface area (Å²) in [4.78, 5) is 11.4. The molecule has 0 aliphatic rings. The van der Waals surface area contributed by atoms with Crippen molar-refractivity contribution < 1.29 is 18.3 Å². The molecule has 0 radical (unpaired) electrons. The third-order valence-electron chi connectivity index (χ3n) is 2.71. The maximum absolute atomic E-state index is 13.7. The molecule has 0 heterocycles. The molecule has 0 bridgehead atoms. The van der Waals surface area contributed by atoms with E-state index >= 15 is 0 Å². The van der Waals surface area contributed by atoms with E-state index in [0.29, 0.717) is 5.56 Å². The van der Waals surface area contributed by atoms with Gasteiger partial charge in [0.15, 0.2) is 17.3 Å². The van der Waals surface area contributed by atoms with E-state index in [-0.39, 0.29) is 22.8 Å². The van der Waals surface area contributed by atoms with Gasteiger partial charge in [0, 0.05) is 6.07 Å². The molecule has 0 amide bonds. The lowest BCUT2D eigenvalue weighted by atomic mass is 10.1. The van der Waals surface area contributed by atoms with Crippen LogP contribution in [0.2, 0.25) is 0 Å². The van der Waals surface area contributed by atoms with Crippen LogP contribution in [0.1, 0.15) is 22.8 Å². The van der Waals surface area contributed by atoms with Crippen LogP contribution >= 0.6 is 0 Å². The number of hydrogen-bond acceptors (Lipinski definition) is 2. The Balaban J connectivity index is 2.42. The highest BCUT2D eigenvalue weighted by Crippen LogP contribution is 2.29. The number of rotatable bonds is 3. The Morgan fingerprint density at radius 1 is 1.11 bits per heavy atom. The molecule has 2 aromatic carbocycles. The van der Waals surface area contributed by atoms with Gasteiger partial charge in [-0.2, -0.15) is 0 Å². The Morgan fingerprint density at radius 2 is 1.84 bits per heavy atom. The second kappa shape index (κ2) is 5.18. The molecular weight excluding hydrogens is 250 g/mol. The summed E-state index contributed by atoms with van der Waals surface area (Å²) in [6.45, 7) is 2.93. The van der Waals surface area contributed by atoms with Gasteiger partial charge in [-0.05, 0) is 37.6 Å². The smallest absolute Gasteiger partial charge is 0.173 e. The number of aryl methyl sites for hydroxylation is 1. The molecule has 19 heavy (non-hydrogen) atoms. The van der Waals surface area contributed by atoms with Crippen LogP contribution in [0.5, 0.6) is 11.5 Å². The molecule has 0 N–H and O–H groups in total. The molecule has 0 aliphatic heterocycles. The van der Waals surface area contributed by atoms with Gasteiger partial charge in [-0.25, -0.2) is 8.78 Å². The van der Waals surface area contributed by atoms with Crippen molar-refractivity contribution in [3.8, 4) is 11.5 Å². The highest BCUT2D eigenvalue weighted by Gasteiger charge is 2.14. The van der Waals surface area contributed by atoms with Crippen LogP contribution in [-0.4, -0.2) is 5.78 Å². The predicted molar refractivity (Wildman–Crippen MR) is 67.6 cm³/mol. The zero-order valence-electron chi connectivity index (χ0n) is 10.5. The van der Waals surface area contributed by atoms with Gasteiger partial charge in [0.2, 0.25) is 0 Å².